The summed E-state index contributed by atoms with van der Waals surface area (Å²) >= 11 is 0. The Morgan fingerprint density at radius 1 is 1.29 bits per heavy atom. The van der Waals surface area contributed by atoms with Crippen LogP contribution in [0.5, 0.6) is 0 Å². The van der Waals surface area contributed by atoms with Gasteiger partial charge in [0, 0.05) is 26.0 Å². The number of carbonyl (C=O) groups excluding carboxylic acids is 1. The lowest BCUT2D eigenvalue weighted by atomic mass is 10.0. The highest BCUT2D eigenvalue weighted by molar-refractivity contribution is 5.84. The molecule has 21 heavy (non-hydrogen) atoms. The van der Waals surface area contributed by atoms with E-state index in [-0.39, 0.29) is 18.4 Å². The average Bonchev–Trinajstić information content (AvgIpc) is 3.11. The van der Waals surface area contributed by atoms with Crippen LogP contribution in [0.15, 0.2) is 24.3 Å². The second-order valence-electron chi connectivity index (χ2n) is 5.89. The van der Waals surface area contributed by atoms with Gasteiger partial charge in [-0.25, -0.2) is 4.79 Å². The number of hydrogen-bond acceptors (Lipinski definition) is 3. The molecule has 1 aromatic rings. The monoisotopic (exact) mass is 289 g/mol. The zero-order valence-corrected chi connectivity index (χ0v) is 12.0. The van der Waals surface area contributed by atoms with E-state index >= 15 is 0 Å². The number of hydrogen-bond donors (Lipinski definition) is 1. The maximum atomic E-state index is 12.6. The molecule has 1 aliphatic heterocycles. The van der Waals surface area contributed by atoms with Crippen molar-refractivity contribution in [3.8, 4) is 0 Å². The maximum absolute atomic E-state index is 12.6. The van der Waals surface area contributed by atoms with Crippen LogP contribution in [0.2, 0.25) is 0 Å². The highest BCUT2D eigenvalue weighted by atomic mass is 16.5. The summed E-state index contributed by atoms with van der Waals surface area (Å²) in [5, 5.41) is 9.31. The van der Waals surface area contributed by atoms with E-state index in [0.717, 1.165) is 12.8 Å². The minimum absolute atomic E-state index is 0.0476. The number of methoxy groups -OCH3 is 1. The fourth-order valence-electron chi connectivity index (χ4n) is 3.39. The lowest BCUT2D eigenvalue weighted by molar-refractivity contribution is -0.161. The Bertz CT molecular complexity index is 560. The zero-order chi connectivity index (χ0) is 15.0. The molecule has 2 aliphatic rings. The summed E-state index contributed by atoms with van der Waals surface area (Å²) in [6, 6.07) is 8.09. The summed E-state index contributed by atoms with van der Waals surface area (Å²) in [4.78, 5) is 25.6. The number of carboxylic acids is 1. The molecule has 1 unspecified atom stereocenters. The predicted molar refractivity (Wildman–Crippen MR) is 75.9 cm³/mol. The van der Waals surface area contributed by atoms with Gasteiger partial charge in [-0.15, -0.1) is 0 Å². The van der Waals surface area contributed by atoms with Gasteiger partial charge >= 0.3 is 5.97 Å². The molecule has 1 amide bonds. The third-order valence-corrected chi connectivity index (χ3v) is 4.72. The van der Waals surface area contributed by atoms with Crippen molar-refractivity contribution in [3.05, 3.63) is 35.4 Å². The normalized spacial score (nSPS) is 25.1. The van der Waals surface area contributed by atoms with E-state index in [2.05, 4.69) is 12.1 Å². The standard InChI is InChI=1S/C16H19NO4/c1-21-16(15(19)20)6-7-17(10-16)14(18)13-8-11-4-2-3-5-12(11)9-13/h2-5,13H,6-10H2,1H3,(H,19,20). The summed E-state index contributed by atoms with van der Waals surface area (Å²) < 4.78 is 5.17. The summed E-state index contributed by atoms with van der Waals surface area (Å²) in [6.45, 7) is 0.594. The third kappa shape index (κ3) is 2.31. The highest BCUT2D eigenvalue weighted by Gasteiger charge is 2.47. The fourth-order valence-corrected chi connectivity index (χ4v) is 3.39. The molecule has 1 aliphatic carbocycles. The number of rotatable bonds is 3. The molecule has 5 heteroatoms. The van der Waals surface area contributed by atoms with Crippen molar-refractivity contribution in [3.63, 3.8) is 0 Å². The van der Waals surface area contributed by atoms with Crippen LogP contribution in [-0.4, -0.2) is 47.7 Å². The van der Waals surface area contributed by atoms with E-state index in [1.807, 2.05) is 12.1 Å². The van der Waals surface area contributed by atoms with Crippen LogP contribution in [0.1, 0.15) is 17.5 Å². The molecular weight excluding hydrogens is 270 g/mol. The van der Waals surface area contributed by atoms with Crippen molar-refractivity contribution >= 4 is 11.9 Å². The largest absolute Gasteiger partial charge is 0.479 e. The van der Waals surface area contributed by atoms with Crippen molar-refractivity contribution in [2.24, 2.45) is 5.92 Å². The van der Waals surface area contributed by atoms with Gasteiger partial charge in [-0.05, 0) is 24.0 Å². The zero-order valence-electron chi connectivity index (χ0n) is 12.0. The molecule has 0 saturated carbocycles. The summed E-state index contributed by atoms with van der Waals surface area (Å²) in [7, 11) is 1.40. The second kappa shape index (κ2) is 5.15. The van der Waals surface area contributed by atoms with E-state index < -0.39 is 11.6 Å². The number of likely N-dealkylation sites (tertiary alicyclic amines) is 1. The minimum atomic E-state index is -1.24. The lowest BCUT2D eigenvalue weighted by Crippen LogP contribution is -2.45. The molecule has 5 nitrogen and oxygen atoms in total. The maximum Gasteiger partial charge on any atom is 0.337 e. The number of carboxylic acid groups (broad SMARTS) is 1. The molecule has 1 N–H and O–H groups in total. The Balaban J connectivity index is 1.70. The van der Waals surface area contributed by atoms with Crippen LogP contribution in [0, 0.1) is 5.92 Å². The fraction of sp³-hybridized carbons (Fsp3) is 0.500. The molecular formula is C16H19NO4. The topological polar surface area (TPSA) is 66.8 Å². The van der Waals surface area contributed by atoms with Crippen molar-refractivity contribution < 1.29 is 19.4 Å². The first-order chi connectivity index (χ1) is 10.1. The third-order valence-electron chi connectivity index (χ3n) is 4.72. The van der Waals surface area contributed by atoms with Gasteiger partial charge in [0.05, 0.1) is 6.54 Å². The SMILES string of the molecule is COC1(C(=O)O)CCN(C(=O)C2Cc3ccccc3C2)C1. The van der Waals surface area contributed by atoms with Gasteiger partial charge in [-0.3, -0.25) is 4.79 Å². The van der Waals surface area contributed by atoms with Gasteiger partial charge in [0.2, 0.25) is 5.91 Å². The van der Waals surface area contributed by atoms with Gasteiger partial charge < -0.3 is 14.7 Å². The van der Waals surface area contributed by atoms with E-state index in [1.165, 1.54) is 18.2 Å². The Hall–Kier alpha value is -1.88. The van der Waals surface area contributed by atoms with Crippen LogP contribution >= 0.6 is 0 Å². The smallest absolute Gasteiger partial charge is 0.337 e. The van der Waals surface area contributed by atoms with Gasteiger partial charge in [0.1, 0.15) is 0 Å². The molecule has 1 heterocycles. The molecule has 0 bridgehead atoms. The van der Waals surface area contributed by atoms with Crippen LogP contribution in [0.25, 0.3) is 0 Å². The number of nitrogens with zero attached hydrogens (tertiary/aromatic N) is 1. The molecule has 0 aromatic heterocycles. The summed E-state index contributed by atoms with van der Waals surface area (Å²) in [6.07, 6.45) is 1.85. The van der Waals surface area contributed by atoms with Crippen molar-refractivity contribution in [2.75, 3.05) is 20.2 Å². The molecule has 3 rings (SSSR count). The number of carbonyl (C=O) groups is 2. The number of ether oxygens (including phenoxy) is 1. The Morgan fingerprint density at radius 3 is 2.38 bits per heavy atom. The van der Waals surface area contributed by atoms with Crippen molar-refractivity contribution in [2.45, 2.75) is 24.9 Å². The molecule has 0 radical (unpaired) electrons. The van der Waals surface area contributed by atoms with Crippen LogP contribution in [0.3, 0.4) is 0 Å². The highest BCUT2D eigenvalue weighted by Crippen LogP contribution is 2.31. The average molecular weight is 289 g/mol. The van der Waals surface area contributed by atoms with Gasteiger partial charge in [0.15, 0.2) is 5.60 Å². The lowest BCUT2D eigenvalue weighted by Gasteiger charge is -2.24. The molecule has 1 atom stereocenters. The Labute approximate surface area is 123 Å². The van der Waals surface area contributed by atoms with E-state index in [0.29, 0.717) is 13.0 Å². The van der Waals surface area contributed by atoms with Crippen LogP contribution in [-0.2, 0) is 27.2 Å². The van der Waals surface area contributed by atoms with Gasteiger partial charge in [-0.1, -0.05) is 24.3 Å². The predicted octanol–water partition coefficient (Wildman–Crippen LogP) is 1.10. The number of fused-ring (bicyclic) bond motifs is 1. The number of amides is 1. The first-order valence-electron chi connectivity index (χ1n) is 7.20. The van der Waals surface area contributed by atoms with E-state index in [1.54, 1.807) is 4.90 Å². The minimum Gasteiger partial charge on any atom is -0.479 e. The summed E-state index contributed by atoms with van der Waals surface area (Å²) in [5.74, 6) is -1.01. The first-order valence-corrected chi connectivity index (χ1v) is 7.20. The molecule has 112 valence electrons. The number of benzene rings is 1. The number of aliphatic carboxylic acids is 1. The Morgan fingerprint density at radius 2 is 1.90 bits per heavy atom. The summed E-state index contributed by atoms with van der Waals surface area (Å²) in [5.41, 5.74) is 1.22. The van der Waals surface area contributed by atoms with Gasteiger partial charge in [-0.2, -0.15) is 0 Å². The second-order valence-corrected chi connectivity index (χ2v) is 5.89. The van der Waals surface area contributed by atoms with Crippen LogP contribution in [0.4, 0.5) is 0 Å². The molecule has 1 saturated heterocycles. The molecule has 1 aromatic carbocycles. The van der Waals surface area contributed by atoms with Crippen molar-refractivity contribution in [1.82, 2.24) is 4.90 Å². The van der Waals surface area contributed by atoms with Crippen LogP contribution < -0.4 is 0 Å². The quantitative estimate of drug-likeness (QED) is 0.905. The van der Waals surface area contributed by atoms with Crippen molar-refractivity contribution in [1.29, 1.82) is 0 Å². The first kappa shape index (κ1) is 14.1. The molecule has 1 fully saturated rings. The van der Waals surface area contributed by atoms with E-state index in [9.17, 15) is 14.7 Å². The Kier molecular flexibility index (Phi) is 3.45. The molecule has 0 spiro atoms. The van der Waals surface area contributed by atoms with Gasteiger partial charge in [0.25, 0.3) is 0 Å². The van der Waals surface area contributed by atoms with E-state index in [4.69, 9.17) is 4.74 Å².